The van der Waals surface area contributed by atoms with E-state index in [1.54, 1.807) is 25.3 Å². The summed E-state index contributed by atoms with van der Waals surface area (Å²) < 4.78 is 28.3. The lowest BCUT2D eigenvalue weighted by atomic mass is 10.0. The van der Waals surface area contributed by atoms with Crippen molar-refractivity contribution in [3.8, 4) is 0 Å². The molecule has 0 unspecified atom stereocenters. The normalized spacial score (nSPS) is 11.4. The molecule has 0 fully saturated rings. The number of nitrogens with one attached hydrogen (secondary N) is 2. The number of anilines is 2. The first-order valence-corrected chi connectivity index (χ1v) is 13.0. The fourth-order valence-corrected chi connectivity index (χ4v) is 5.67. The van der Waals surface area contributed by atoms with Crippen molar-refractivity contribution < 1.29 is 13.2 Å². The van der Waals surface area contributed by atoms with Crippen LogP contribution in [0.2, 0.25) is 0 Å². The summed E-state index contributed by atoms with van der Waals surface area (Å²) in [6.45, 7) is 5.71. The molecule has 0 amide bonds. The maximum Gasteiger partial charge on any atom is 0.241 e. The average molecular weight is 492 g/mol. The van der Waals surface area contributed by atoms with Crippen LogP contribution in [0.15, 0.2) is 77.8 Å². The summed E-state index contributed by atoms with van der Waals surface area (Å²) in [5, 5.41) is 3.80. The molecule has 0 aliphatic carbocycles. The van der Waals surface area contributed by atoms with Gasteiger partial charge in [0.25, 0.3) is 0 Å². The Balaban J connectivity index is 1.45. The van der Waals surface area contributed by atoms with E-state index in [0.717, 1.165) is 22.4 Å². The number of nitrogens with zero attached hydrogens (tertiary/aromatic N) is 1. The number of aryl methyl sites for hydroxylation is 3. The first kappa shape index (κ1) is 23.8. The van der Waals surface area contributed by atoms with Crippen LogP contribution in [-0.4, -0.2) is 19.2 Å². The van der Waals surface area contributed by atoms with Crippen molar-refractivity contribution in [2.24, 2.45) is 0 Å². The number of benzene rings is 3. The van der Waals surface area contributed by atoms with Crippen LogP contribution in [0, 0.1) is 20.8 Å². The second-order valence-corrected chi connectivity index (χ2v) is 10.9. The van der Waals surface area contributed by atoms with Crippen LogP contribution in [-0.2, 0) is 16.6 Å². The number of sulfonamides is 1. The van der Waals surface area contributed by atoms with E-state index in [1.165, 1.54) is 11.3 Å². The summed E-state index contributed by atoms with van der Waals surface area (Å²) in [6, 6.07) is 20.3. The van der Waals surface area contributed by atoms with Crippen molar-refractivity contribution in [2.45, 2.75) is 32.2 Å². The van der Waals surface area contributed by atoms with Crippen LogP contribution in [0.5, 0.6) is 0 Å². The lowest BCUT2D eigenvalue weighted by Gasteiger charge is -2.11. The van der Waals surface area contributed by atoms with Gasteiger partial charge in [0.1, 0.15) is 0 Å². The van der Waals surface area contributed by atoms with E-state index in [2.05, 4.69) is 15.0 Å². The van der Waals surface area contributed by atoms with Crippen LogP contribution in [0.25, 0.3) is 0 Å². The van der Waals surface area contributed by atoms with Gasteiger partial charge in [-0.25, -0.2) is 18.1 Å². The number of rotatable bonds is 8. The molecular formula is C26H25N3O3S2. The molecule has 34 heavy (non-hydrogen) atoms. The van der Waals surface area contributed by atoms with Crippen LogP contribution in [0.1, 0.15) is 37.5 Å². The van der Waals surface area contributed by atoms with Gasteiger partial charge in [-0.3, -0.25) is 4.79 Å². The molecule has 0 saturated carbocycles. The van der Waals surface area contributed by atoms with Gasteiger partial charge in [-0.05, 0) is 61.2 Å². The van der Waals surface area contributed by atoms with E-state index in [9.17, 15) is 13.2 Å². The Morgan fingerprint density at radius 2 is 1.74 bits per heavy atom. The highest BCUT2D eigenvalue weighted by atomic mass is 32.2. The molecule has 0 aliphatic rings. The van der Waals surface area contributed by atoms with E-state index in [4.69, 9.17) is 0 Å². The third-order valence-electron chi connectivity index (χ3n) is 5.40. The molecule has 4 aromatic rings. The minimum Gasteiger partial charge on any atom is -0.332 e. The summed E-state index contributed by atoms with van der Waals surface area (Å²) >= 11 is 1.28. The van der Waals surface area contributed by atoms with E-state index >= 15 is 0 Å². The fraction of sp³-hybridized carbons (Fsp3) is 0.154. The number of carbonyl (C=O) groups excluding carboxylic acids is 1. The maximum atomic E-state index is 12.8. The molecule has 0 bridgehead atoms. The fourth-order valence-electron chi connectivity index (χ4n) is 3.53. The SMILES string of the molecule is Cc1ccc(C)c(S(=O)(=O)NCc2cccc(Nc3ncc(C(=O)c4ccccc4C)s3)c2)c1. The highest BCUT2D eigenvalue weighted by molar-refractivity contribution is 7.89. The Morgan fingerprint density at radius 3 is 2.53 bits per heavy atom. The number of hydrogen-bond donors (Lipinski definition) is 2. The number of hydrogen-bond acceptors (Lipinski definition) is 6. The van der Waals surface area contributed by atoms with Crippen molar-refractivity contribution in [3.63, 3.8) is 0 Å². The molecule has 1 heterocycles. The number of aromatic nitrogens is 1. The smallest absolute Gasteiger partial charge is 0.241 e. The Hall–Kier alpha value is -3.33. The van der Waals surface area contributed by atoms with Gasteiger partial charge in [-0.1, -0.05) is 59.9 Å². The number of ketones is 1. The predicted molar refractivity (Wildman–Crippen MR) is 136 cm³/mol. The Morgan fingerprint density at radius 1 is 0.941 bits per heavy atom. The third-order valence-corrected chi connectivity index (χ3v) is 7.85. The molecule has 0 saturated heterocycles. The van der Waals surface area contributed by atoms with E-state index in [0.29, 0.717) is 21.1 Å². The maximum absolute atomic E-state index is 12.8. The largest absolute Gasteiger partial charge is 0.332 e. The zero-order valence-electron chi connectivity index (χ0n) is 19.1. The van der Waals surface area contributed by atoms with Gasteiger partial charge in [0.05, 0.1) is 16.0 Å². The highest BCUT2D eigenvalue weighted by Crippen LogP contribution is 2.26. The average Bonchev–Trinajstić information content (AvgIpc) is 3.28. The highest BCUT2D eigenvalue weighted by Gasteiger charge is 2.17. The molecule has 0 radical (unpaired) electrons. The van der Waals surface area contributed by atoms with Crippen molar-refractivity contribution in [1.29, 1.82) is 0 Å². The molecule has 3 aromatic carbocycles. The quantitative estimate of drug-likeness (QED) is 0.317. The van der Waals surface area contributed by atoms with Crippen molar-refractivity contribution in [3.05, 3.63) is 106 Å². The summed E-state index contributed by atoms with van der Waals surface area (Å²) in [7, 11) is -3.64. The van der Waals surface area contributed by atoms with Gasteiger partial charge < -0.3 is 5.32 Å². The molecule has 0 spiro atoms. The van der Waals surface area contributed by atoms with Crippen molar-refractivity contribution >= 4 is 38.0 Å². The summed E-state index contributed by atoms with van der Waals surface area (Å²) in [6.07, 6.45) is 1.57. The standard InChI is InChI=1S/C26H25N3O3S2/c1-17-11-12-19(3)24(13-17)34(31,32)28-15-20-8-6-9-21(14-20)29-26-27-16-23(33-26)25(30)22-10-5-4-7-18(22)2/h4-14,16,28H,15H2,1-3H3,(H,27,29). The minimum absolute atomic E-state index is 0.0572. The lowest BCUT2D eigenvalue weighted by Crippen LogP contribution is -2.24. The molecule has 6 nitrogen and oxygen atoms in total. The monoisotopic (exact) mass is 491 g/mol. The van der Waals surface area contributed by atoms with Gasteiger partial charge in [0.15, 0.2) is 5.13 Å². The number of thiazole rings is 1. The first-order valence-electron chi connectivity index (χ1n) is 10.7. The van der Waals surface area contributed by atoms with Gasteiger partial charge in [-0.15, -0.1) is 0 Å². The summed E-state index contributed by atoms with van der Waals surface area (Å²) in [5.74, 6) is -0.0572. The van der Waals surface area contributed by atoms with Gasteiger partial charge in [0.2, 0.25) is 15.8 Å². The molecule has 4 rings (SSSR count). The van der Waals surface area contributed by atoms with Crippen LogP contribution in [0.3, 0.4) is 0 Å². The van der Waals surface area contributed by atoms with Gasteiger partial charge in [-0.2, -0.15) is 0 Å². The molecule has 174 valence electrons. The Kier molecular flexibility index (Phi) is 6.92. The summed E-state index contributed by atoms with van der Waals surface area (Å²) in [5.41, 5.74) is 4.73. The molecule has 2 N–H and O–H groups in total. The Labute approximate surface area is 203 Å². The minimum atomic E-state index is -3.64. The predicted octanol–water partition coefficient (Wildman–Crippen LogP) is 5.52. The van der Waals surface area contributed by atoms with Crippen molar-refractivity contribution in [1.82, 2.24) is 9.71 Å². The van der Waals surface area contributed by atoms with Crippen LogP contribution in [0.4, 0.5) is 10.8 Å². The Bertz CT molecular complexity index is 1460. The molecule has 0 aliphatic heterocycles. The first-order chi connectivity index (χ1) is 16.2. The molecule has 0 atom stereocenters. The van der Waals surface area contributed by atoms with E-state index in [-0.39, 0.29) is 17.2 Å². The third kappa shape index (κ3) is 5.41. The van der Waals surface area contributed by atoms with Gasteiger partial charge >= 0.3 is 0 Å². The lowest BCUT2D eigenvalue weighted by molar-refractivity contribution is 0.104. The van der Waals surface area contributed by atoms with Crippen molar-refractivity contribution in [2.75, 3.05) is 5.32 Å². The van der Waals surface area contributed by atoms with E-state index < -0.39 is 10.0 Å². The van der Waals surface area contributed by atoms with Crippen LogP contribution < -0.4 is 10.0 Å². The topological polar surface area (TPSA) is 88.2 Å². The molecule has 1 aromatic heterocycles. The zero-order valence-corrected chi connectivity index (χ0v) is 20.8. The second-order valence-electron chi connectivity index (χ2n) is 8.09. The molecular weight excluding hydrogens is 466 g/mol. The van der Waals surface area contributed by atoms with Gasteiger partial charge in [0, 0.05) is 17.8 Å². The van der Waals surface area contributed by atoms with Crippen LogP contribution >= 0.6 is 11.3 Å². The second kappa shape index (κ2) is 9.89. The molecule has 8 heteroatoms. The number of carbonyl (C=O) groups is 1. The van der Waals surface area contributed by atoms with E-state index in [1.807, 2.05) is 68.4 Å². The summed E-state index contributed by atoms with van der Waals surface area (Å²) in [4.78, 5) is 18.0. The zero-order chi connectivity index (χ0) is 24.3.